The van der Waals surface area contributed by atoms with Crippen LogP contribution in [0.5, 0.6) is 11.5 Å². The Morgan fingerprint density at radius 1 is 1.24 bits per heavy atom. The number of ether oxygens (including phenoxy) is 2. The van der Waals surface area contributed by atoms with E-state index >= 15 is 0 Å². The van der Waals surface area contributed by atoms with E-state index in [0.717, 1.165) is 18.0 Å². The molecule has 0 unspecified atom stereocenters. The van der Waals surface area contributed by atoms with Gasteiger partial charge in [0.1, 0.15) is 18.1 Å². The maximum atomic E-state index is 5.71. The number of likely N-dealkylation sites (N-methyl/N-ethyl adjacent to an activating group) is 1. The molecule has 0 saturated carbocycles. The average molecular weight is 237 g/mol. The topological polar surface area (TPSA) is 21.7 Å². The van der Waals surface area contributed by atoms with Gasteiger partial charge < -0.3 is 14.4 Å². The van der Waals surface area contributed by atoms with Gasteiger partial charge in [-0.15, -0.1) is 0 Å². The monoisotopic (exact) mass is 237 g/mol. The zero-order chi connectivity index (χ0) is 12.8. The van der Waals surface area contributed by atoms with Gasteiger partial charge >= 0.3 is 0 Å². The van der Waals surface area contributed by atoms with Crippen LogP contribution in [0.15, 0.2) is 18.2 Å². The predicted octanol–water partition coefficient (Wildman–Crippen LogP) is 2.76. The number of rotatable bonds is 6. The zero-order valence-electron chi connectivity index (χ0n) is 11.5. The summed E-state index contributed by atoms with van der Waals surface area (Å²) in [4.78, 5) is 2.10. The lowest BCUT2D eigenvalue weighted by Gasteiger charge is -2.15. The molecule has 0 radical (unpaired) electrons. The molecule has 3 nitrogen and oxygen atoms in total. The molecule has 0 heterocycles. The van der Waals surface area contributed by atoms with Gasteiger partial charge in [-0.05, 0) is 38.2 Å². The van der Waals surface area contributed by atoms with Gasteiger partial charge in [0.15, 0.2) is 0 Å². The summed E-state index contributed by atoms with van der Waals surface area (Å²) in [6.07, 6.45) is 0. The first-order valence-electron chi connectivity index (χ1n) is 6.00. The van der Waals surface area contributed by atoms with Gasteiger partial charge in [0.25, 0.3) is 0 Å². The van der Waals surface area contributed by atoms with Crippen molar-refractivity contribution in [2.75, 3.05) is 34.4 Å². The summed E-state index contributed by atoms with van der Waals surface area (Å²) in [5.41, 5.74) is 1.19. The summed E-state index contributed by atoms with van der Waals surface area (Å²) in [5, 5.41) is 0. The van der Waals surface area contributed by atoms with Gasteiger partial charge in [-0.2, -0.15) is 0 Å². The minimum atomic E-state index is 0.433. The van der Waals surface area contributed by atoms with Crippen LogP contribution in [-0.2, 0) is 0 Å². The van der Waals surface area contributed by atoms with E-state index < -0.39 is 0 Å². The lowest BCUT2D eigenvalue weighted by atomic mass is 10.0. The number of hydrogen-bond donors (Lipinski definition) is 0. The molecule has 1 aromatic carbocycles. The molecule has 0 spiro atoms. The third-order valence-electron chi connectivity index (χ3n) is 2.63. The van der Waals surface area contributed by atoms with Crippen LogP contribution in [-0.4, -0.2) is 39.3 Å². The molecule has 0 amide bonds. The quantitative estimate of drug-likeness (QED) is 0.759. The highest BCUT2D eigenvalue weighted by atomic mass is 16.5. The number of methoxy groups -OCH3 is 1. The second-order valence-corrected chi connectivity index (χ2v) is 4.71. The summed E-state index contributed by atoms with van der Waals surface area (Å²) >= 11 is 0. The van der Waals surface area contributed by atoms with Gasteiger partial charge in [0, 0.05) is 12.1 Å². The molecule has 17 heavy (non-hydrogen) atoms. The van der Waals surface area contributed by atoms with Crippen molar-refractivity contribution >= 4 is 0 Å². The summed E-state index contributed by atoms with van der Waals surface area (Å²) in [5.74, 6) is 2.28. The molecule has 3 heteroatoms. The highest BCUT2D eigenvalue weighted by molar-refractivity contribution is 5.42. The van der Waals surface area contributed by atoms with Gasteiger partial charge in [0.05, 0.1) is 7.11 Å². The molecule has 0 aliphatic rings. The maximum absolute atomic E-state index is 5.71. The number of nitrogens with zero attached hydrogens (tertiary/aromatic N) is 1. The fraction of sp³-hybridized carbons (Fsp3) is 0.571. The second kappa shape index (κ2) is 6.50. The molecule has 0 saturated heterocycles. The van der Waals surface area contributed by atoms with Crippen molar-refractivity contribution in [3.05, 3.63) is 23.8 Å². The third-order valence-corrected chi connectivity index (χ3v) is 2.63. The molecule has 0 aliphatic carbocycles. The highest BCUT2D eigenvalue weighted by Gasteiger charge is 2.08. The normalized spacial score (nSPS) is 11.0. The van der Waals surface area contributed by atoms with E-state index in [0.29, 0.717) is 12.5 Å². The molecule has 0 atom stereocenters. The molecular weight excluding hydrogens is 214 g/mol. The first-order chi connectivity index (χ1) is 8.04. The first-order valence-corrected chi connectivity index (χ1v) is 6.00. The van der Waals surface area contributed by atoms with Crippen LogP contribution >= 0.6 is 0 Å². The summed E-state index contributed by atoms with van der Waals surface area (Å²) in [7, 11) is 5.78. The predicted molar refractivity (Wildman–Crippen MR) is 71.1 cm³/mol. The maximum Gasteiger partial charge on any atom is 0.122 e. The van der Waals surface area contributed by atoms with E-state index in [9.17, 15) is 0 Å². The summed E-state index contributed by atoms with van der Waals surface area (Å²) in [6.45, 7) is 5.93. The Kier molecular flexibility index (Phi) is 5.29. The van der Waals surface area contributed by atoms with Crippen LogP contribution in [0.25, 0.3) is 0 Å². The van der Waals surface area contributed by atoms with Crippen molar-refractivity contribution in [2.24, 2.45) is 0 Å². The third kappa shape index (κ3) is 4.27. The lowest BCUT2D eigenvalue weighted by molar-refractivity contribution is 0.261. The van der Waals surface area contributed by atoms with E-state index in [1.165, 1.54) is 5.56 Å². The van der Waals surface area contributed by atoms with E-state index in [1.807, 2.05) is 26.2 Å². The molecule has 0 N–H and O–H groups in total. The van der Waals surface area contributed by atoms with Crippen molar-refractivity contribution in [1.29, 1.82) is 0 Å². The van der Waals surface area contributed by atoms with E-state index in [2.05, 4.69) is 24.8 Å². The van der Waals surface area contributed by atoms with Crippen molar-refractivity contribution in [1.82, 2.24) is 4.90 Å². The Morgan fingerprint density at radius 2 is 1.94 bits per heavy atom. The van der Waals surface area contributed by atoms with Crippen molar-refractivity contribution in [2.45, 2.75) is 19.8 Å². The fourth-order valence-corrected chi connectivity index (χ4v) is 1.60. The summed E-state index contributed by atoms with van der Waals surface area (Å²) in [6, 6.07) is 6.00. The minimum absolute atomic E-state index is 0.433. The van der Waals surface area contributed by atoms with Crippen LogP contribution in [0.1, 0.15) is 25.3 Å². The van der Waals surface area contributed by atoms with Crippen molar-refractivity contribution in [3.8, 4) is 11.5 Å². The molecule has 96 valence electrons. The number of hydrogen-bond acceptors (Lipinski definition) is 3. The largest absolute Gasteiger partial charge is 0.496 e. The van der Waals surface area contributed by atoms with Crippen LogP contribution < -0.4 is 9.47 Å². The van der Waals surface area contributed by atoms with E-state index in [4.69, 9.17) is 9.47 Å². The van der Waals surface area contributed by atoms with Crippen LogP contribution in [0, 0.1) is 0 Å². The Labute approximate surface area is 104 Å². The average Bonchev–Trinajstić information content (AvgIpc) is 2.28. The van der Waals surface area contributed by atoms with Gasteiger partial charge in [-0.25, -0.2) is 0 Å². The minimum Gasteiger partial charge on any atom is -0.496 e. The van der Waals surface area contributed by atoms with E-state index in [-0.39, 0.29) is 0 Å². The van der Waals surface area contributed by atoms with Crippen LogP contribution in [0.3, 0.4) is 0 Å². The van der Waals surface area contributed by atoms with E-state index in [1.54, 1.807) is 7.11 Å². The molecule has 0 aromatic heterocycles. The van der Waals surface area contributed by atoms with Gasteiger partial charge in [-0.3, -0.25) is 0 Å². The van der Waals surface area contributed by atoms with Gasteiger partial charge in [-0.1, -0.05) is 13.8 Å². The fourth-order valence-electron chi connectivity index (χ4n) is 1.60. The molecular formula is C14H23NO2. The first kappa shape index (κ1) is 13.8. The SMILES string of the molecule is COc1ccc(OCCN(C)C)cc1C(C)C. The summed E-state index contributed by atoms with van der Waals surface area (Å²) < 4.78 is 11.1. The Bertz CT molecular complexity index is 348. The Morgan fingerprint density at radius 3 is 2.47 bits per heavy atom. The second-order valence-electron chi connectivity index (χ2n) is 4.71. The molecule has 1 aromatic rings. The Balaban J connectivity index is 2.71. The standard InChI is InChI=1S/C14H23NO2/c1-11(2)13-10-12(6-7-14(13)16-5)17-9-8-15(3)4/h6-7,10-11H,8-9H2,1-5H3. The van der Waals surface area contributed by atoms with Crippen molar-refractivity contribution < 1.29 is 9.47 Å². The molecule has 1 rings (SSSR count). The number of benzene rings is 1. The van der Waals surface area contributed by atoms with Crippen LogP contribution in [0.2, 0.25) is 0 Å². The van der Waals surface area contributed by atoms with Gasteiger partial charge in [0.2, 0.25) is 0 Å². The lowest BCUT2D eigenvalue weighted by Crippen LogP contribution is -2.19. The zero-order valence-corrected chi connectivity index (χ0v) is 11.5. The molecule has 0 aliphatic heterocycles. The smallest absolute Gasteiger partial charge is 0.122 e. The Hall–Kier alpha value is -1.22. The molecule has 0 fully saturated rings. The van der Waals surface area contributed by atoms with Crippen molar-refractivity contribution in [3.63, 3.8) is 0 Å². The molecule has 0 bridgehead atoms. The van der Waals surface area contributed by atoms with Crippen LogP contribution in [0.4, 0.5) is 0 Å². The highest BCUT2D eigenvalue weighted by Crippen LogP contribution is 2.30.